The van der Waals surface area contributed by atoms with E-state index in [0.29, 0.717) is 24.2 Å². The first-order valence-corrected chi connectivity index (χ1v) is 7.37. The van der Waals surface area contributed by atoms with E-state index in [2.05, 4.69) is 15.2 Å². The zero-order chi connectivity index (χ0) is 15.8. The molecule has 0 bridgehead atoms. The maximum atomic E-state index is 11.9. The van der Waals surface area contributed by atoms with Crippen molar-refractivity contribution < 1.29 is 18.8 Å². The number of methoxy groups -OCH3 is 1. The van der Waals surface area contributed by atoms with Crippen LogP contribution in [0, 0.1) is 0 Å². The van der Waals surface area contributed by atoms with Crippen molar-refractivity contribution in [3.05, 3.63) is 30.0 Å². The summed E-state index contributed by atoms with van der Waals surface area (Å²) in [6, 6.07) is 7.47. The summed E-state index contributed by atoms with van der Waals surface area (Å²) in [4.78, 5) is 22.8. The van der Waals surface area contributed by atoms with Crippen molar-refractivity contribution in [2.45, 2.75) is 32.1 Å². The molecule has 0 aliphatic carbocycles. The lowest BCUT2D eigenvalue weighted by atomic mass is 10.1. The maximum Gasteiger partial charge on any atom is 0.305 e. The Balaban J connectivity index is 1.67. The van der Waals surface area contributed by atoms with Crippen molar-refractivity contribution in [1.82, 2.24) is 10.5 Å². The minimum atomic E-state index is -0.193. The molecule has 6 heteroatoms. The second-order valence-electron chi connectivity index (χ2n) is 5.04. The maximum absolute atomic E-state index is 11.9. The number of rotatable bonds is 8. The van der Waals surface area contributed by atoms with Gasteiger partial charge in [0, 0.05) is 18.4 Å². The molecule has 0 unspecified atom stereocenters. The van der Waals surface area contributed by atoms with Gasteiger partial charge in [-0.3, -0.25) is 9.59 Å². The lowest BCUT2D eigenvalue weighted by Crippen LogP contribution is -2.26. The summed E-state index contributed by atoms with van der Waals surface area (Å²) in [6.07, 6.45) is 3.12. The van der Waals surface area contributed by atoms with E-state index in [-0.39, 0.29) is 18.3 Å². The normalized spacial score (nSPS) is 10.6. The number of hydrogen-bond donors (Lipinski definition) is 1. The van der Waals surface area contributed by atoms with Crippen LogP contribution >= 0.6 is 0 Å². The highest BCUT2D eigenvalue weighted by Crippen LogP contribution is 2.17. The highest BCUT2D eigenvalue weighted by Gasteiger charge is 2.11. The third kappa shape index (κ3) is 4.58. The molecular formula is C16H20N2O4. The van der Waals surface area contributed by atoms with E-state index < -0.39 is 0 Å². The lowest BCUT2D eigenvalue weighted by molar-refractivity contribution is -0.140. The van der Waals surface area contributed by atoms with Gasteiger partial charge in [0.2, 0.25) is 5.91 Å². The minimum absolute atomic E-state index is 0.0768. The van der Waals surface area contributed by atoms with Gasteiger partial charge in [0.05, 0.1) is 13.5 Å². The number of aromatic nitrogens is 1. The number of nitrogens with zero attached hydrogens (tertiary/aromatic N) is 1. The monoisotopic (exact) mass is 304 g/mol. The van der Waals surface area contributed by atoms with Gasteiger partial charge in [0.1, 0.15) is 5.69 Å². The fourth-order valence-corrected chi connectivity index (χ4v) is 2.18. The second kappa shape index (κ2) is 8.17. The molecule has 2 rings (SSSR count). The van der Waals surface area contributed by atoms with Gasteiger partial charge in [-0.05, 0) is 25.0 Å². The molecular weight excluding hydrogens is 284 g/mol. The fraction of sp³-hybridized carbons (Fsp3) is 0.438. The largest absolute Gasteiger partial charge is 0.469 e. The Hall–Kier alpha value is -2.37. The summed E-state index contributed by atoms with van der Waals surface area (Å²) in [5, 5.41) is 7.66. The van der Waals surface area contributed by atoms with Crippen LogP contribution in [-0.2, 0) is 20.7 Å². The predicted octanol–water partition coefficient (Wildman–Crippen LogP) is 2.22. The number of fused-ring (bicyclic) bond motifs is 1. The first-order chi connectivity index (χ1) is 10.7. The van der Waals surface area contributed by atoms with E-state index in [1.165, 1.54) is 7.11 Å². The molecule has 0 spiro atoms. The van der Waals surface area contributed by atoms with Gasteiger partial charge in [0.25, 0.3) is 0 Å². The van der Waals surface area contributed by atoms with Crippen LogP contribution in [0.4, 0.5) is 0 Å². The number of nitrogens with one attached hydrogen (secondary N) is 1. The first-order valence-electron chi connectivity index (χ1n) is 7.37. The number of para-hydroxylation sites is 1. The van der Waals surface area contributed by atoms with Crippen molar-refractivity contribution >= 4 is 22.8 Å². The Kier molecular flexibility index (Phi) is 5.94. The standard InChI is InChI=1S/C16H20N2O4/c1-21-16(20)9-3-2-6-10-17-15(19)11-13-12-7-4-5-8-14(12)22-18-13/h4-5,7-8H,2-3,6,9-11H2,1H3,(H,17,19). The van der Waals surface area contributed by atoms with Crippen molar-refractivity contribution in [2.24, 2.45) is 0 Å². The van der Waals surface area contributed by atoms with E-state index in [4.69, 9.17) is 4.52 Å². The van der Waals surface area contributed by atoms with Crippen LogP contribution in [0.5, 0.6) is 0 Å². The highest BCUT2D eigenvalue weighted by atomic mass is 16.5. The van der Waals surface area contributed by atoms with Gasteiger partial charge >= 0.3 is 5.97 Å². The zero-order valence-electron chi connectivity index (χ0n) is 12.6. The molecule has 22 heavy (non-hydrogen) atoms. The minimum Gasteiger partial charge on any atom is -0.469 e. The molecule has 6 nitrogen and oxygen atoms in total. The van der Waals surface area contributed by atoms with E-state index in [0.717, 1.165) is 24.6 Å². The van der Waals surface area contributed by atoms with Crippen LogP contribution in [0.1, 0.15) is 31.4 Å². The molecule has 118 valence electrons. The van der Waals surface area contributed by atoms with Crippen LogP contribution in [0.15, 0.2) is 28.8 Å². The van der Waals surface area contributed by atoms with Crippen LogP contribution in [-0.4, -0.2) is 30.7 Å². The Morgan fingerprint density at radius 1 is 1.23 bits per heavy atom. The Labute approximate surface area is 128 Å². The number of unbranched alkanes of at least 4 members (excludes halogenated alkanes) is 2. The molecule has 0 saturated carbocycles. The summed E-state index contributed by atoms with van der Waals surface area (Å²) in [7, 11) is 1.39. The summed E-state index contributed by atoms with van der Waals surface area (Å²) in [5.74, 6) is -0.269. The molecule has 1 heterocycles. The molecule has 0 fully saturated rings. The molecule has 1 aromatic carbocycles. The third-order valence-electron chi connectivity index (χ3n) is 3.39. The molecule has 0 saturated heterocycles. The van der Waals surface area contributed by atoms with Gasteiger partial charge in [-0.1, -0.05) is 23.7 Å². The molecule has 0 radical (unpaired) electrons. The van der Waals surface area contributed by atoms with Gasteiger partial charge < -0.3 is 14.6 Å². The molecule has 2 aromatic rings. The van der Waals surface area contributed by atoms with Crippen LogP contribution in [0.2, 0.25) is 0 Å². The summed E-state index contributed by atoms with van der Waals surface area (Å²) < 4.78 is 9.73. The van der Waals surface area contributed by atoms with Crippen molar-refractivity contribution in [2.75, 3.05) is 13.7 Å². The second-order valence-corrected chi connectivity index (χ2v) is 5.04. The SMILES string of the molecule is COC(=O)CCCCCNC(=O)Cc1noc2ccccc12. The zero-order valence-corrected chi connectivity index (χ0v) is 12.6. The van der Waals surface area contributed by atoms with Gasteiger partial charge in [-0.25, -0.2) is 0 Å². The number of hydrogen-bond acceptors (Lipinski definition) is 5. The highest BCUT2D eigenvalue weighted by molar-refractivity contribution is 5.86. The average molecular weight is 304 g/mol. The van der Waals surface area contributed by atoms with E-state index in [9.17, 15) is 9.59 Å². The topological polar surface area (TPSA) is 81.4 Å². The van der Waals surface area contributed by atoms with Crippen LogP contribution in [0.3, 0.4) is 0 Å². The Bertz CT molecular complexity index is 636. The summed E-state index contributed by atoms with van der Waals surface area (Å²) in [5.41, 5.74) is 1.34. The third-order valence-corrected chi connectivity index (χ3v) is 3.39. The molecule has 0 aliphatic rings. The Morgan fingerprint density at radius 3 is 2.86 bits per heavy atom. The predicted molar refractivity (Wildman–Crippen MR) is 81.2 cm³/mol. The van der Waals surface area contributed by atoms with E-state index >= 15 is 0 Å². The van der Waals surface area contributed by atoms with Gasteiger partial charge in [-0.2, -0.15) is 0 Å². The number of carbonyl (C=O) groups excluding carboxylic acids is 2. The van der Waals surface area contributed by atoms with E-state index in [1.807, 2.05) is 24.3 Å². The Morgan fingerprint density at radius 2 is 2.05 bits per heavy atom. The fourth-order valence-electron chi connectivity index (χ4n) is 2.18. The number of benzene rings is 1. The molecule has 0 atom stereocenters. The van der Waals surface area contributed by atoms with Crippen molar-refractivity contribution in [1.29, 1.82) is 0 Å². The number of ether oxygens (including phenoxy) is 1. The van der Waals surface area contributed by atoms with E-state index in [1.54, 1.807) is 0 Å². The van der Waals surface area contributed by atoms with Crippen LogP contribution < -0.4 is 5.32 Å². The molecule has 1 aromatic heterocycles. The summed E-state index contributed by atoms with van der Waals surface area (Å²) >= 11 is 0. The van der Waals surface area contributed by atoms with Gasteiger partial charge in [-0.15, -0.1) is 0 Å². The van der Waals surface area contributed by atoms with Crippen molar-refractivity contribution in [3.8, 4) is 0 Å². The van der Waals surface area contributed by atoms with Crippen molar-refractivity contribution in [3.63, 3.8) is 0 Å². The van der Waals surface area contributed by atoms with Crippen LogP contribution in [0.25, 0.3) is 11.0 Å². The molecule has 1 N–H and O–H groups in total. The lowest BCUT2D eigenvalue weighted by Gasteiger charge is -2.04. The quantitative estimate of drug-likeness (QED) is 0.597. The number of amides is 1. The first kappa shape index (κ1) is 16.0. The smallest absolute Gasteiger partial charge is 0.305 e. The van der Waals surface area contributed by atoms with Gasteiger partial charge in [0.15, 0.2) is 5.58 Å². The molecule has 1 amide bonds. The molecule has 0 aliphatic heterocycles. The number of esters is 1. The summed E-state index contributed by atoms with van der Waals surface area (Å²) in [6.45, 7) is 0.593. The average Bonchev–Trinajstić information content (AvgIpc) is 2.93. The number of carbonyl (C=O) groups is 2.